The van der Waals surface area contributed by atoms with Gasteiger partial charge in [-0.25, -0.2) is 0 Å². The number of fused-ring (bicyclic) bond motifs is 1. The van der Waals surface area contributed by atoms with E-state index in [0.29, 0.717) is 5.69 Å². The molecule has 4 rings (SSSR count). The molecule has 0 aromatic heterocycles. The molecule has 4 heteroatoms. The average Bonchev–Trinajstić information content (AvgIpc) is 2.69. The number of hydrogen-bond acceptors (Lipinski definition) is 4. The van der Waals surface area contributed by atoms with Crippen LogP contribution in [0.25, 0.3) is 10.8 Å². The van der Waals surface area contributed by atoms with Crippen molar-refractivity contribution in [1.29, 1.82) is 0 Å². The molecule has 0 fully saturated rings. The topological polar surface area (TPSA) is 57.0 Å². The molecule has 0 radical (unpaired) electrons. The van der Waals surface area contributed by atoms with Gasteiger partial charge in [-0.3, -0.25) is 0 Å². The molecule has 0 saturated heterocycles. The number of benzene rings is 4. The Bertz CT molecular complexity index is 1060. The van der Waals surface area contributed by atoms with Crippen LogP contribution in [-0.2, 0) is 0 Å². The van der Waals surface area contributed by atoms with Crippen molar-refractivity contribution in [1.82, 2.24) is 0 Å². The number of para-hydroxylation sites is 1. The van der Waals surface area contributed by atoms with Gasteiger partial charge in [-0.15, -0.1) is 5.11 Å². The Morgan fingerprint density at radius 1 is 0.654 bits per heavy atom. The summed E-state index contributed by atoms with van der Waals surface area (Å²) in [5.41, 5.74) is 3.17. The van der Waals surface area contributed by atoms with E-state index in [2.05, 4.69) is 15.5 Å². The highest BCUT2D eigenvalue weighted by Gasteiger charge is 2.07. The van der Waals surface area contributed by atoms with Crippen molar-refractivity contribution in [3.63, 3.8) is 0 Å². The van der Waals surface area contributed by atoms with Crippen molar-refractivity contribution in [3.8, 4) is 5.75 Å². The maximum absolute atomic E-state index is 10.5. The number of phenolic OH excluding ortho intramolecular Hbond substituents is 1. The van der Waals surface area contributed by atoms with E-state index in [9.17, 15) is 5.11 Å². The Hall–Kier alpha value is -3.66. The van der Waals surface area contributed by atoms with Crippen LogP contribution in [0.15, 0.2) is 101 Å². The summed E-state index contributed by atoms with van der Waals surface area (Å²) in [5, 5.41) is 23.9. The maximum atomic E-state index is 10.5. The fourth-order valence-electron chi connectivity index (χ4n) is 2.75. The van der Waals surface area contributed by atoms with Gasteiger partial charge >= 0.3 is 0 Å². The first-order valence-corrected chi connectivity index (χ1v) is 8.34. The minimum absolute atomic E-state index is 0.133. The van der Waals surface area contributed by atoms with E-state index in [1.165, 1.54) is 0 Å². The number of anilines is 2. The lowest BCUT2D eigenvalue weighted by molar-refractivity contribution is 0.482. The zero-order valence-electron chi connectivity index (χ0n) is 14.0. The maximum Gasteiger partial charge on any atom is 0.150 e. The van der Waals surface area contributed by atoms with Crippen LogP contribution in [0, 0.1) is 0 Å². The summed E-state index contributed by atoms with van der Waals surface area (Å²) in [6.07, 6.45) is 0. The van der Waals surface area contributed by atoms with E-state index in [1.807, 2.05) is 84.9 Å². The Morgan fingerprint density at radius 3 is 2.15 bits per heavy atom. The van der Waals surface area contributed by atoms with Crippen molar-refractivity contribution >= 4 is 33.5 Å². The molecule has 0 aliphatic heterocycles. The number of nitrogens with one attached hydrogen (secondary N) is 1. The largest absolute Gasteiger partial charge is 0.505 e. The Balaban J connectivity index is 1.64. The Kier molecular flexibility index (Phi) is 4.31. The zero-order valence-corrected chi connectivity index (χ0v) is 14.0. The lowest BCUT2D eigenvalue weighted by atomic mass is 10.1. The number of azo groups is 1. The number of nitrogens with zero attached hydrogens (tertiary/aromatic N) is 2. The van der Waals surface area contributed by atoms with Gasteiger partial charge in [0.25, 0.3) is 0 Å². The molecule has 126 valence electrons. The second-order valence-corrected chi connectivity index (χ2v) is 5.90. The van der Waals surface area contributed by atoms with Gasteiger partial charge in [0.1, 0.15) is 5.69 Å². The van der Waals surface area contributed by atoms with Gasteiger partial charge in [0, 0.05) is 16.8 Å². The predicted octanol–water partition coefficient (Wildman–Crippen LogP) is 6.70. The van der Waals surface area contributed by atoms with Crippen molar-refractivity contribution in [3.05, 3.63) is 91.0 Å². The summed E-state index contributed by atoms with van der Waals surface area (Å²) in [4.78, 5) is 0. The van der Waals surface area contributed by atoms with Gasteiger partial charge in [0.15, 0.2) is 5.75 Å². The van der Waals surface area contributed by atoms with E-state index in [1.54, 1.807) is 6.07 Å². The highest BCUT2D eigenvalue weighted by molar-refractivity contribution is 5.94. The van der Waals surface area contributed by atoms with Crippen LogP contribution in [0.4, 0.5) is 22.7 Å². The first-order valence-electron chi connectivity index (χ1n) is 8.34. The lowest BCUT2D eigenvalue weighted by Crippen LogP contribution is -1.89. The summed E-state index contributed by atoms with van der Waals surface area (Å²) < 4.78 is 0. The van der Waals surface area contributed by atoms with Gasteiger partial charge < -0.3 is 10.4 Å². The monoisotopic (exact) mass is 339 g/mol. The van der Waals surface area contributed by atoms with Gasteiger partial charge in [-0.1, -0.05) is 42.5 Å². The molecule has 0 unspecified atom stereocenters. The molecule has 2 N–H and O–H groups in total. The molecule has 0 heterocycles. The smallest absolute Gasteiger partial charge is 0.150 e. The molecule has 4 aromatic rings. The predicted molar refractivity (Wildman–Crippen MR) is 106 cm³/mol. The SMILES string of the molecule is Oc1c(N=Nc2ccccc2)ccc2cc(Nc3ccccc3)ccc12. The summed E-state index contributed by atoms with van der Waals surface area (Å²) >= 11 is 0. The summed E-state index contributed by atoms with van der Waals surface area (Å²) in [7, 11) is 0. The molecule has 4 aromatic carbocycles. The molecule has 0 bridgehead atoms. The minimum Gasteiger partial charge on any atom is -0.505 e. The highest BCUT2D eigenvalue weighted by atomic mass is 16.3. The van der Waals surface area contributed by atoms with Crippen LogP contribution in [0.1, 0.15) is 0 Å². The summed E-state index contributed by atoms with van der Waals surface area (Å²) in [5.74, 6) is 0.133. The van der Waals surface area contributed by atoms with Crippen LogP contribution in [0.5, 0.6) is 5.75 Å². The van der Waals surface area contributed by atoms with E-state index in [-0.39, 0.29) is 5.75 Å². The van der Waals surface area contributed by atoms with E-state index in [4.69, 9.17) is 0 Å². The number of rotatable bonds is 4. The van der Waals surface area contributed by atoms with Gasteiger partial charge in [0.2, 0.25) is 0 Å². The van der Waals surface area contributed by atoms with Crippen LogP contribution in [0.3, 0.4) is 0 Å². The molecule has 0 aliphatic carbocycles. The first kappa shape index (κ1) is 15.8. The molecular weight excluding hydrogens is 322 g/mol. The van der Waals surface area contributed by atoms with Crippen molar-refractivity contribution in [2.45, 2.75) is 0 Å². The molecule has 26 heavy (non-hydrogen) atoms. The van der Waals surface area contributed by atoms with Crippen molar-refractivity contribution < 1.29 is 5.11 Å². The van der Waals surface area contributed by atoms with Crippen LogP contribution in [-0.4, -0.2) is 5.11 Å². The molecule has 0 aliphatic rings. The fraction of sp³-hybridized carbons (Fsp3) is 0. The number of hydrogen-bond donors (Lipinski definition) is 2. The minimum atomic E-state index is 0.133. The third kappa shape index (κ3) is 3.39. The van der Waals surface area contributed by atoms with E-state index < -0.39 is 0 Å². The van der Waals surface area contributed by atoms with Crippen molar-refractivity contribution in [2.75, 3.05) is 5.32 Å². The van der Waals surface area contributed by atoms with E-state index in [0.717, 1.165) is 27.8 Å². The quantitative estimate of drug-likeness (QED) is 0.406. The number of phenols is 1. The van der Waals surface area contributed by atoms with Gasteiger partial charge in [0.05, 0.1) is 5.69 Å². The van der Waals surface area contributed by atoms with E-state index >= 15 is 0 Å². The average molecular weight is 339 g/mol. The molecule has 0 saturated carbocycles. The number of aromatic hydroxyl groups is 1. The third-order valence-electron chi connectivity index (χ3n) is 4.06. The standard InChI is InChI=1S/C22H17N3O/c26-22-20-13-12-19(23-17-7-3-1-4-8-17)15-16(20)11-14-21(22)25-24-18-9-5-2-6-10-18/h1-15,23,26H. The molecule has 4 nitrogen and oxygen atoms in total. The summed E-state index contributed by atoms with van der Waals surface area (Å²) in [6.45, 7) is 0. The fourth-order valence-corrected chi connectivity index (χ4v) is 2.75. The van der Waals surface area contributed by atoms with Gasteiger partial charge in [-0.2, -0.15) is 5.11 Å². The van der Waals surface area contributed by atoms with Crippen LogP contribution >= 0.6 is 0 Å². The lowest BCUT2D eigenvalue weighted by Gasteiger charge is -2.09. The highest BCUT2D eigenvalue weighted by Crippen LogP contribution is 2.36. The summed E-state index contributed by atoms with van der Waals surface area (Å²) in [6, 6.07) is 29.0. The normalized spacial score (nSPS) is 11.1. The van der Waals surface area contributed by atoms with Crippen LogP contribution in [0.2, 0.25) is 0 Å². The molecule has 0 amide bonds. The second kappa shape index (κ2) is 7.07. The zero-order chi connectivity index (χ0) is 17.8. The molecule has 0 atom stereocenters. The first-order chi connectivity index (χ1) is 12.8. The molecule has 0 spiro atoms. The molecular formula is C22H17N3O. The van der Waals surface area contributed by atoms with Crippen molar-refractivity contribution in [2.24, 2.45) is 10.2 Å². The Morgan fingerprint density at radius 2 is 1.38 bits per heavy atom. The van der Waals surface area contributed by atoms with Gasteiger partial charge in [-0.05, 0) is 53.9 Å². The third-order valence-corrected chi connectivity index (χ3v) is 4.06. The second-order valence-electron chi connectivity index (χ2n) is 5.90. The van der Waals surface area contributed by atoms with Crippen LogP contribution < -0.4 is 5.32 Å². The Labute approximate surface area is 151 Å².